The van der Waals surface area contributed by atoms with Crippen LogP contribution in [-0.4, -0.2) is 93.5 Å². The summed E-state index contributed by atoms with van der Waals surface area (Å²) in [5.41, 5.74) is 0.0498. The molecule has 164 valence electrons. The van der Waals surface area contributed by atoms with Gasteiger partial charge >= 0.3 is 0 Å². The Labute approximate surface area is 179 Å². The van der Waals surface area contributed by atoms with Crippen molar-refractivity contribution in [2.24, 2.45) is 4.99 Å². The number of hydrogen-bond donors (Lipinski definition) is 2. The Morgan fingerprint density at radius 2 is 2.07 bits per heavy atom. The number of hydrogen-bond acceptors (Lipinski definition) is 6. The first-order valence-corrected chi connectivity index (χ1v) is 11.5. The van der Waals surface area contributed by atoms with Gasteiger partial charge in [0.05, 0.1) is 32.0 Å². The summed E-state index contributed by atoms with van der Waals surface area (Å²) in [5, 5.41) is 9.26. The molecule has 3 rings (SSSR count). The highest BCUT2D eigenvalue weighted by Gasteiger charge is 2.29. The van der Waals surface area contributed by atoms with Gasteiger partial charge < -0.3 is 20.1 Å². The maximum absolute atomic E-state index is 5.75. The lowest BCUT2D eigenvalue weighted by Crippen LogP contribution is -2.57. The highest BCUT2D eigenvalue weighted by atomic mass is 32.1. The van der Waals surface area contributed by atoms with Gasteiger partial charge in [0.2, 0.25) is 0 Å². The van der Waals surface area contributed by atoms with Gasteiger partial charge in [-0.25, -0.2) is 0 Å². The molecule has 0 bridgehead atoms. The number of nitrogens with one attached hydrogen (secondary N) is 2. The first-order valence-electron chi connectivity index (χ1n) is 10.7. The van der Waals surface area contributed by atoms with Crippen LogP contribution in [0.2, 0.25) is 0 Å². The molecule has 0 aromatic carbocycles. The van der Waals surface area contributed by atoms with Crippen LogP contribution in [0.25, 0.3) is 0 Å². The van der Waals surface area contributed by atoms with Crippen LogP contribution in [0.1, 0.15) is 31.7 Å². The second-order valence-electron chi connectivity index (χ2n) is 8.43. The van der Waals surface area contributed by atoms with Gasteiger partial charge in [0.25, 0.3) is 0 Å². The van der Waals surface area contributed by atoms with Crippen molar-refractivity contribution in [2.45, 2.75) is 38.5 Å². The summed E-state index contributed by atoms with van der Waals surface area (Å²) in [6.45, 7) is 14.7. The van der Waals surface area contributed by atoms with E-state index in [9.17, 15) is 0 Å². The molecule has 0 spiro atoms. The van der Waals surface area contributed by atoms with Crippen molar-refractivity contribution < 1.29 is 9.47 Å². The Hall–Kier alpha value is -1.19. The van der Waals surface area contributed by atoms with Gasteiger partial charge in [-0.05, 0) is 32.2 Å². The largest absolute Gasteiger partial charge is 0.379 e. The molecule has 2 atom stereocenters. The second-order valence-corrected chi connectivity index (χ2v) is 9.41. The molecule has 7 nitrogen and oxygen atoms in total. The lowest BCUT2D eigenvalue weighted by Gasteiger charge is -2.41. The van der Waals surface area contributed by atoms with Crippen molar-refractivity contribution in [3.63, 3.8) is 0 Å². The van der Waals surface area contributed by atoms with Crippen molar-refractivity contribution in [1.29, 1.82) is 0 Å². The Kier molecular flexibility index (Phi) is 8.32. The predicted octanol–water partition coefficient (Wildman–Crippen LogP) is 1.79. The van der Waals surface area contributed by atoms with E-state index in [1.807, 2.05) is 18.4 Å². The summed E-state index contributed by atoms with van der Waals surface area (Å²) >= 11 is 1.82. The fraction of sp³-hybridized carbons (Fsp3) is 0.762. The first-order chi connectivity index (χ1) is 14.0. The van der Waals surface area contributed by atoms with Gasteiger partial charge in [-0.15, -0.1) is 11.3 Å². The smallest absolute Gasteiger partial charge is 0.191 e. The lowest BCUT2D eigenvalue weighted by molar-refractivity contribution is -0.0334. The first kappa shape index (κ1) is 22.5. The summed E-state index contributed by atoms with van der Waals surface area (Å²) in [4.78, 5) is 10.9. The van der Waals surface area contributed by atoms with Crippen LogP contribution in [0.5, 0.6) is 0 Å². The van der Waals surface area contributed by atoms with E-state index in [2.05, 4.69) is 63.7 Å². The van der Waals surface area contributed by atoms with E-state index in [4.69, 9.17) is 9.47 Å². The van der Waals surface area contributed by atoms with E-state index in [0.717, 1.165) is 65.0 Å². The molecule has 2 aliphatic rings. The van der Waals surface area contributed by atoms with E-state index in [-0.39, 0.29) is 11.6 Å². The fourth-order valence-corrected chi connectivity index (χ4v) is 4.87. The quantitative estimate of drug-likeness (QED) is 0.515. The Balaban J connectivity index is 1.55. The molecule has 29 heavy (non-hydrogen) atoms. The molecule has 2 fully saturated rings. The molecule has 3 heterocycles. The Morgan fingerprint density at radius 3 is 2.72 bits per heavy atom. The summed E-state index contributed by atoms with van der Waals surface area (Å²) < 4.78 is 11.2. The number of morpholine rings is 2. The number of guanidine groups is 1. The van der Waals surface area contributed by atoms with Gasteiger partial charge in [0.1, 0.15) is 0 Å². The SMILES string of the molecule is CN=C(NCC(c1cccs1)N1CCOC(C)C1)NCC(C)(C)N1CCOCC1. The zero-order chi connectivity index (χ0) is 20.7. The van der Waals surface area contributed by atoms with Crippen molar-refractivity contribution in [1.82, 2.24) is 20.4 Å². The molecular formula is C21H37N5O2S. The van der Waals surface area contributed by atoms with Crippen LogP contribution in [0, 0.1) is 0 Å². The van der Waals surface area contributed by atoms with Crippen LogP contribution in [-0.2, 0) is 9.47 Å². The molecule has 1 aromatic rings. The number of nitrogens with zero attached hydrogens (tertiary/aromatic N) is 3. The molecule has 2 aliphatic heterocycles. The van der Waals surface area contributed by atoms with Gasteiger partial charge in [-0.1, -0.05) is 6.07 Å². The van der Waals surface area contributed by atoms with Crippen LogP contribution < -0.4 is 10.6 Å². The second kappa shape index (κ2) is 10.7. The molecule has 0 amide bonds. The third-order valence-electron chi connectivity index (χ3n) is 5.83. The van der Waals surface area contributed by atoms with E-state index in [1.165, 1.54) is 4.88 Å². The fourth-order valence-electron chi connectivity index (χ4n) is 4.01. The van der Waals surface area contributed by atoms with E-state index >= 15 is 0 Å². The van der Waals surface area contributed by atoms with Crippen LogP contribution in [0.4, 0.5) is 0 Å². The Bertz CT molecular complexity index is 631. The summed E-state index contributed by atoms with van der Waals surface area (Å²) in [5.74, 6) is 0.856. The minimum absolute atomic E-state index is 0.0498. The lowest BCUT2D eigenvalue weighted by atomic mass is 10.0. The van der Waals surface area contributed by atoms with Crippen molar-refractivity contribution in [3.8, 4) is 0 Å². The zero-order valence-corrected chi connectivity index (χ0v) is 19.1. The Morgan fingerprint density at radius 1 is 1.28 bits per heavy atom. The van der Waals surface area contributed by atoms with E-state index in [0.29, 0.717) is 6.04 Å². The van der Waals surface area contributed by atoms with Crippen LogP contribution >= 0.6 is 11.3 Å². The maximum atomic E-state index is 5.75. The molecular weight excluding hydrogens is 386 g/mol. The number of thiophene rings is 1. The summed E-state index contributed by atoms with van der Waals surface area (Å²) in [6.07, 6.45) is 0.276. The average molecular weight is 424 g/mol. The molecule has 0 saturated carbocycles. The van der Waals surface area contributed by atoms with Gasteiger partial charge in [0, 0.05) is 56.7 Å². The monoisotopic (exact) mass is 423 g/mol. The normalized spacial score (nSPS) is 23.7. The molecule has 0 aliphatic carbocycles. The molecule has 8 heteroatoms. The third kappa shape index (κ3) is 6.39. The molecule has 0 radical (unpaired) electrons. The third-order valence-corrected chi connectivity index (χ3v) is 6.80. The van der Waals surface area contributed by atoms with Gasteiger partial charge in [-0.2, -0.15) is 0 Å². The summed E-state index contributed by atoms with van der Waals surface area (Å²) in [7, 11) is 1.84. The van der Waals surface area contributed by atoms with Crippen molar-refractivity contribution in [3.05, 3.63) is 22.4 Å². The van der Waals surface area contributed by atoms with Gasteiger partial charge in [0.15, 0.2) is 5.96 Å². The van der Waals surface area contributed by atoms with Crippen molar-refractivity contribution in [2.75, 3.05) is 66.1 Å². The van der Waals surface area contributed by atoms with Crippen molar-refractivity contribution >= 4 is 17.3 Å². The van der Waals surface area contributed by atoms with Crippen LogP contribution in [0.3, 0.4) is 0 Å². The standard InChI is InChI=1S/C21H37N5O2S/c1-17-15-25(7-12-28-17)18(19-6-5-13-29-19)14-23-20(22-4)24-16-21(2,3)26-8-10-27-11-9-26/h5-6,13,17-18H,7-12,14-16H2,1-4H3,(H2,22,23,24). The van der Waals surface area contributed by atoms with E-state index in [1.54, 1.807) is 0 Å². The van der Waals surface area contributed by atoms with E-state index < -0.39 is 0 Å². The number of ether oxygens (including phenoxy) is 2. The number of aliphatic imine (C=N–C) groups is 1. The summed E-state index contributed by atoms with van der Waals surface area (Å²) in [6, 6.07) is 4.69. The minimum atomic E-state index is 0.0498. The highest BCUT2D eigenvalue weighted by Crippen LogP contribution is 2.26. The van der Waals surface area contributed by atoms with Crippen LogP contribution in [0.15, 0.2) is 22.5 Å². The molecule has 2 saturated heterocycles. The minimum Gasteiger partial charge on any atom is -0.379 e. The average Bonchev–Trinajstić information content (AvgIpc) is 3.26. The molecule has 1 aromatic heterocycles. The van der Waals surface area contributed by atoms with Gasteiger partial charge in [-0.3, -0.25) is 14.8 Å². The molecule has 2 N–H and O–H groups in total. The number of rotatable bonds is 7. The topological polar surface area (TPSA) is 61.4 Å². The molecule has 2 unspecified atom stereocenters. The highest BCUT2D eigenvalue weighted by molar-refractivity contribution is 7.10. The maximum Gasteiger partial charge on any atom is 0.191 e. The predicted molar refractivity (Wildman–Crippen MR) is 120 cm³/mol. The zero-order valence-electron chi connectivity index (χ0n) is 18.3.